The number of aromatic nitrogens is 3. The Morgan fingerprint density at radius 1 is 1.03 bits per heavy atom. The topological polar surface area (TPSA) is 62.5 Å². The van der Waals surface area contributed by atoms with Crippen LogP contribution in [0.4, 0.5) is 0 Å². The number of carbonyl (C=O) groups excluding carboxylic acids is 1. The lowest BCUT2D eigenvalue weighted by Gasteiger charge is -2.33. The molecule has 4 heterocycles. The summed E-state index contributed by atoms with van der Waals surface area (Å²) in [6.45, 7) is 3.53. The summed E-state index contributed by atoms with van der Waals surface area (Å²) in [7, 11) is 1.83. The Hall–Kier alpha value is -3.51. The van der Waals surface area contributed by atoms with Crippen molar-refractivity contribution in [2.75, 3.05) is 20.1 Å². The minimum absolute atomic E-state index is 0.128. The van der Waals surface area contributed by atoms with Gasteiger partial charge >= 0.3 is 0 Å². The van der Waals surface area contributed by atoms with Crippen LogP contribution in [0.5, 0.6) is 0 Å². The Labute approximate surface area is 194 Å². The lowest BCUT2D eigenvalue weighted by molar-refractivity contribution is -0.133. The summed E-state index contributed by atoms with van der Waals surface area (Å²) in [5.74, 6) is 0.645. The van der Waals surface area contributed by atoms with Crippen LogP contribution in [0, 0.1) is 0 Å². The first-order valence-electron chi connectivity index (χ1n) is 11.6. The van der Waals surface area contributed by atoms with Crippen LogP contribution in [-0.2, 0) is 4.79 Å². The molecule has 1 saturated heterocycles. The second kappa shape index (κ2) is 9.16. The predicted octanol–water partition coefficient (Wildman–Crippen LogP) is 4.38. The number of likely N-dealkylation sites (N-methyl/N-ethyl adjacent to an activating group) is 1. The molecule has 1 aliphatic heterocycles. The molecule has 0 saturated carbocycles. The number of imidazole rings is 1. The van der Waals surface area contributed by atoms with Crippen molar-refractivity contribution >= 4 is 11.6 Å². The number of nitrogens with zero attached hydrogens (tertiary/aromatic N) is 4. The van der Waals surface area contributed by atoms with Crippen LogP contribution in [-0.4, -0.2) is 51.4 Å². The summed E-state index contributed by atoms with van der Waals surface area (Å²) in [4.78, 5) is 23.7. The highest BCUT2D eigenvalue weighted by Crippen LogP contribution is 2.31. The van der Waals surface area contributed by atoms with E-state index in [1.165, 1.54) is 5.56 Å². The molecule has 1 aromatic carbocycles. The first-order valence-corrected chi connectivity index (χ1v) is 11.6. The van der Waals surface area contributed by atoms with E-state index in [0.717, 1.165) is 54.1 Å². The van der Waals surface area contributed by atoms with Gasteiger partial charge in [0, 0.05) is 36.6 Å². The largest absolute Gasteiger partial charge is 0.341 e. The third-order valence-corrected chi connectivity index (χ3v) is 6.74. The van der Waals surface area contributed by atoms with Crippen molar-refractivity contribution in [1.82, 2.24) is 24.6 Å². The maximum Gasteiger partial charge on any atom is 0.239 e. The van der Waals surface area contributed by atoms with Gasteiger partial charge in [-0.2, -0.15) is 0 Å². The number of rotatable bonds is 5. The average molecular weight is 440 g/mol. The standard InChI is InChI=1S/C27H29N5O/c1-19(28-2)27(33)31-13-9-20(10-14-31)22-11-15-32-25(18-30-26(32)17-22)23-8-12-29-24(16-23)21-6-4-3-5-7-21/h3-8,11-12,15-20,28H,9-10,13-14H2,1-2H3/t19-/m0/s1. The van der Waals surface area contributed by atoms with Crippen LogP contribution in [0.25, 0.3) is 28.2 Å². The van der Waals surface area contributed by atoms with E-state index in [9.17, 15) is 4.79 Å². The molecule has 1 fully saturated rings. The molecule has 168 valence electrons. The molecule has 0 aliphatic carbocycles. The van der Waals surface area contributed by atoms with Crippen molar-refractivity contribution in [3.63, 3.8) is 0 Å². The molecular weight excluding hydrogens is 410 g/mol. The van der Waals surface area contributed by atoms with Crippen molar-refractivity contribution in [3.05, 3.63) is 78.8 Å². The third kappa shape index (κ3) is 4.26. The van der Waals surface area contributed by atoms with Gasteiger partial charge in [-0.05, 0) is 62.6 Å². The first-order chi connectivity index (χ1) is 16.1. The van der Waals surface area contributed by atoms with Gasteiger partial charge in [0.2, 0.25) is 5.91 Å². The number of hydrogen-bond donors (Lipinski definition) is 1. The summed E-state index contributed by atoms with van der Waals surface area (Å²) in [5, 5.41) is 3.05. The van der Waals surface area contributed by atoms with E-state index < -0.39 is 0 Å². The Bertz CT molecular complexity index is 1260. The molecule has 0 unspecified atom stereocenters. The molecule has 5 rings (SSSR count). The molecule has 0 spiro atoms. The van der Waals surface area contributed by atoms with Gasteiger partial charge in [-0.1, -0.05) is 30.3 Å². The van der Waals surface area contributed by atoms with Crippen LogP contribution in [0.15, 0.2) is 73.2 Å². The Kier molecular flexibility index (Phi) is 5.92. The average Bonchev–Trinajstić information content (AvgIpc) is 3.32. The molecule has 1 atom stereocenters. The van der Waals surface area contributed by atoms with Gasteiger partial charge in [-0.25, -0.2) is 4.98 Å². The van der Waals surface area contributed by atoms with Crippen LogP contribution >= 0.6 is 0 Å². The maximum atomic E-state index is 12.4. The third-order valence-electron chi connectivity index (χ3n) is 6.74. The predicted molar refractivity (Wildman–Crippen MR) is 131 cm³/mol. The van der Waals surface area contributed by atoms with Gasteiger partial charge in [0.1, 0.15) is 5.65 Å². The van der Waals surface area contributed by atoms with Gasteiger partial charge in [0.05, 0.1) is 23.6 Å². The monoisotopic (exact) mass is 439 g/mol. The molecule has 1 amide bonds. The number of nitrogens with one attached hydrogen (secondary N) is 1. The van der Waals surface area contributed by atoms with Crippen molar-refractivity contribution in [2.45, 2.75) is 31.7 Å². The van der Waals surface area contributed by atoms with Crippen LogP contribution in [0.3, 0.4) is 0 Å². The lowest BCUT2D eigenvalue weighted by atomic mass is 9.90. The SMILES string of the molecule is CN[C@@H](C)C(=O)N1CCC(c2ccn3c(-c4ccnc(-c5ccccc5)c4)cnc3c2)CC1. The zero-order valence-electron chi connectivity index (χ0n) is 19.1. The fourth-order valence-corrected chi connectivity index (χ4v) is 4.65. The Balaban J connectivity index is 1.36. The van der Waals surface area contributed by atoms with E-state index in [0.29, 0.717) is 5.92 Å². The summed E-state index contributed by atoms with van der Waals surface area (Å²) < 4.78 is 2.14. The van der Waals surface area contributed by atoms with E-state index in [-0.39, 0.29) is 11.9 Å². The highest BCUT2D eigenvalue weighted by Gasteiger charge is 2.26. The fraction of sp³-hybridized carbons (Fsp3) is 0.296. The number of likely N-dealkylation sites (tertiary alicyclic amines) is 1. The smallest absolute Gasteiger partial charge is 0.239 e. The van der Waals surface area contributed by atoms with Gasteiger partial charge in [0.15, 0.2) is 0 Å². The number of amides is 1. The molecule has 3 aromatic heterocycles. The lowest BCUT2D eigenvalue weighted by Crippen LogP contribution is -2.46. The molecule has 6 heteroatoms. The van der Waals surface area contributed by atoms with Crippen molar-refractivity contribution in [2.24, 2.45) is 0 Å². The number of pyridine rings is 2. The Morgan fingerprint density at radius 2 is 1.82 bits per heavy atom. The fourth-order valence-electron chi connectivity index (χ4n) is 4.65. The molecular formula is C27H29N5O. The molecule has 1 N–H and O–H groups in total. The summed E-state index contributed by atoms with van der Waals surface area (Å²) in [5.41, 5.74) is 6.45. The highest BCUT2D eigenvalue weighted by atomic mass is 16.2. The van der Waals surface area contributed by atoms with Gasteiger partial charge < -0.3 is 10.2 Å². The van der Waals surface area contributed by atoms with Crippen LogP contribution in [0.1, 0.15) is 31.2 Å². The van der Waals surface area contributed by atoms with Crippen LogP contribution < -0.4 is 5.32 Å². The summed E-state index contributed by atoms with van der Waals surface area (Å²) in [6, 6.07) is 18.6. The number of hydrogen-bond acceptors (Lipinski definition) is 4. The van der Waals surface area contributed by atoms with Crippen molar-refractivity contribution < 1.29 is 4.79 Å². The quantitative estimate of drug-likeness (QED) is 0.501. The van der Waals surface area contributed by atoms with E-state index in [4.69, 9.17) is 4.98 Å². The second-order valence-corrected chi connectivity index (χ2v) is 8.74. The minimum Gasteiger partial charge on any atom is -0.341 e. The molecule has 1 aliphatic rings. The van der Waals surface area contributed by atoms with E-state index in [1.807, 2.05) is 55.5 Å². The van der Waals surface area contributed by atoms with Gasteiger partial charge in [-0.3, -0.25) is 14.2 Å². The number of fused-ring (bicyclic) bond motifs is 1. The van der Waals surface area contributed by atoms with Gasteiger partial charge in [-0.15, -0.1) is 0 Å². The molecule has 0 radical (unpaired) electrons. The van der Waals surface area contributed by atoms with E-state index >= 15 is 0 Å². The molecule has 6 nitrogen and oxygen atoms in total. The number of piperidine rings is 1. The Morgan fingerprint density at radius 3 is 2.58 bits per heavy atom. The molecule has 4 aromatic rings. The molecule has 33 heavy (non-hydrogen) atoms. The van der Waals surface area contributed by atoms with E-state index in [2.05, 4.69) is 51.2 Å². The zero-order chi connectivity index (χ0) is 22.8. The van der Waals surface area contributed by atoms with Crippen molar-refractivity contribution in [1.29, 1.82) is 0 Å². The number of carbonyl (C=O) groups is 1. The summed E-state index contributed by atoms with van der Waals surface area (Å²) >= 11 is 0. The van der Waals surface area contributed by atoms with Crippen LogP contribution in [0.2, 0.25) is 0 Å². The number of benzene rings is 1. The van der Waals surface area contributed by atoms with Gasteiger partial charge in [0.25, 0.3) is 0 Å². The first kappa shape index (κ1) is 21.3. The normalized spacial score (nSPS) is 15.6. The maximum absolute atomic E-state index is 12.4. The second-order valence-electron chi connectivity index (χ2n) is 8.74. The summed E-state index contributed by atoms with van der Waals surface area (Å²) in [6.07, 6.45) is 7.88. The van der Waals surface area contributed by atoms with Crippen molar-refractivity contribution in [3.8, 4) is 22.5 Å². The highest BCUT2D eigenvalue weighted by molar-refractivity contribution is 5.81. The van der Waals surface area contributed by atoms with E-state index in [1.54, 1.807) is 0 Å². The molecule has 0 bridgehead atoms. The minimum atomic E-state index is -0.128. The zero-order valence-corrected chi connectivity index (χ0v) is 19.1.